The van der Waals surface area contributed by atoms with Gasteiger partial charge in [0, 0.05) is 17.0 Å². The number of aromatic nitrogens is 1. The highest BCUT2D eigenvalue weighted by Crippen LogP contribution is 2.29. The van der Waals surface area contributed by atoms with Gasteiger partial charge in [0.2, 0.25) is 0 Å². The van der Waals surface area contributed by atoms with Crippen molar-refractivity contribution in [2.45, 2.75) is 19.6 Å². The molecule has 0 saturated carbocycles. The van der Waals surface area contributed by atoms with E-state index in [2.05, 4.69) is 84.6 Å². The van der Waals surface area contributed by atoms with Crippen LogP contribution in [-0.4, -0.2) is 12.6 Å². The van der Waals surface area contributed by atoms with Gasteiger partial charge in [-0.15, -0.1) is 0 Å². The van der Waals surface area contributed by atoms with Gasteiger partial charge < -0.3 is 4.57 Å². The summed E-state index contributed by atoms with van der Waals surface area (Å²) < 4.78 is 2.32. The Morgan fingerprint density at radius 2 is 1.26 bits per heavy atom. The summed E-state index contributed by atoms with van der Waals surface area (Å²) >= 11 is 0. The molecule has 0 radical (unpaired) electrons. The van der Waals surface area contributed by atoms with Gasteiger partial charge in [-0.25, -0.2) is 0 Å². The second-order valence-electron chi connectivity index (χ2n) is 6.09. The monoisotopic (exact) mass is 265 g/mol. The Morgan fingerprint density at radius 3 is 1.74 bits per heavy atom. The van der Waals surface area contributed by atoms with Gasteiger partial charge in [0.25, 0.3) is 0 Å². The first kappa shape index (κ1) is 12.2. The smallest absolute Gasteiger partial charge is 0.0706 e. The van der Waals surface area contributed by atoms with E-state index in [1.807, 2.05) is 0 Å². The molecule has 0 aliphatic rings. The largest absolute Gasteiger partial charge is 0.317 e. The van der Waals surface area contributed by atoms with Crippen LogP contribution in [0.2, 0.25) is 19.6 Å². The standard InChI is InChI=1S/C17H19NSi/c1-19(2,3)13-12-18-16-10-6-4-8-14(16)15-9-5-7-11-17(15)18/h4-13H,1-3H3/b13-12+. The molecule has 0 fully saturated rings. The summed E-state index contributed by atoms with van der Waals surface area (Å²) in [4.78, 5) is 0. The maximum absolute atomic E-state index is 2.39. The minimum Gasteiger partial charge on any atom is -0.317 e. The zero-order valence-electron chi connectivity index (χ0n) is 11.7. The molecule has 3 aromatic rings. The van der Waals surface area contributed by atoms with Gasteiger partial charge in [-0.05, 0) is 12.1 Å². The van der Waals surface area contributed by atoms with Crippen LogP contribution in [0.4, 0.5) is 0 Å². The number of fused-ring (bicyclic) bond motifs is 3. The highest BCUT2D eigenvalue weighted by atomic mass is 28.3. The fraction of sp³-hybridized carbons (Fsp3) is 0.176. The van der Waals surface area contributed by atoms with Gasteiger partial charge in [0.1, 0.15) is 0 Å². The second kappa shape index (κ2) is 4.39. The van der Waals surface area contributed by atoms with Gasteiger partial charge in [-0.1, -0.05) is 61.7 Å². The lowest BCUT2D eigenvalue weighted by atomic mass is 10.2. The van der Waals surface area contributed by atoms with Gasteiger partial charge in [0.15, 0.2) is 0 Å². The van der Waals surface area contributed by atoms with Crippen LogP contribution in [0.1, 0.15) is 0 Å². The lowest BCUT2D eigenvalue weighted by Crippen LogP contribution is -2.15. The van der Waals surface area contributed by atoms with Crippen LogP contribution in [0, 0.1) is 0 Å². The summed E-state index contributed by atoms with van der Waals surface area (Å²) in [6, 6.07) is 17.3. The van der Waals surface area contributed by atoms with Crippen LogP contribution >= 0.6 is 0 Å². The fourth-order valence-electron chi connectivity index (χ4n) is 2.41. The van der Waals surface area contributed by atoms with Crippen molar-refractivity contribution in [2.24, 2.45) is 0 Å². The fourth-order valence-corrected chi connectivity index (χ4v) is 3.01. The second-order valence-corrected chi connectivity index (χ2v) is 11.2. The summed E-state index contributed by atoms with van der Waals surface area (Å²) in [5, 5.41) is 2.66. The number of nitrogens with zero attached hydrogens (tertiary/aromatic N) is 1. The third kappa shape index (κ3) is 2.24. The molecule has 19 heavy (non-hydrogen) atoms. The Labute approximate surface area is 115 Å². The molecular weight excluding hydrogens is 246 g/mol. The molecule has 1 nitrogen and oxygen atoms in total. The number of hydrogen-bond acceptors (Lipinski definition) is 0. The van der Waals surface area contributed by atoms with Crippen molar-refractivity contribution >= 4 is 36.1 Å². The molecule has 0 saturated heterocycles. The summed E-state index contributed by atoms with van der Waals surface area (Å²) in [7, 11) is -1.19. The van der Waals surface area contributed by atoms with E-state index in [4.69, 9.17) is 0 Å². The molecule has 96 valence electrons. The van der Waals surface area contributed by atoms with E-state index in [1.54, 1.807) is 0 Å². The highest BCUT2D eigenvalue weighted by molar-refractivity contribution is 6.81. The maximum atomic E-state index is 2.39. The molecule has 0 N–H and O–H groups in total. The van der Waals surface area contributed by atoms with Crippen molar-refractivity contribution in [1.29, 1.82) is 0 Å². The van der Waals surface area contributed by atoms with E-state index in [9.17, 15) is 0 Å². The quantitative estimate of drug-likeness (QED) is 0.565. The lowest BCUT2D eigenvalue weighted by molar-refractivity contribution is 1.29. The molecule has 1 aromatic heterocycles. The van der Waals surface area contributed by atoms with E-state index in [0.29, 0.717) is 0 Å². The molecule has 3 rings (SSSR count). The zero-order valence-corrected chi connectivity index (χ0v) is 12.7. The summed E-state index contributed by atoms with van der Waals surface area (Å²) in [6.45, 7) is 7.08. The summed E-state index contributed by atoms with van der Waals surface area (Å²) in [6.07, 6.45) is 2.26. The Kier molecular flexibility index (Phi) is 2.83. The normalized spacial score (nSPS) is 12.8. The molecule has 0 aliphatic heterocycles. The van der Waals surface area contributed by atoms with Crippen LogP contribution in [0.25, 0.3) is 28.0 Å². The predicted octanol–water partition coefficient (Wildman–Crippen LogP) is 5.14. The van der Waals surface area contributed by atoms with E-state index < -0.39 is 8.07 Å². The van der Waals surface area contributed by atoms with Gasteiger partial charge in [-0.2, -0.15) is 0 Å². The average molecular weight is 265 g/mol. The third-order valence-electron chi connectivity index (χ3n) is 3.34. The number of benzene rings is 2. The first-order chi connectivity index (χ1) is 9.06. The Hall–Kier alpha value is -1.80. The summed E-state index contributed by atoms with van der Waals surface area (Å²) in [5.74, 6) is 0. The minimum absolute atomic E-state index is 1.19. The maximum Gasteiger partial charge on any atom is 0.0706 e. The molecule has 0 bridgehead atoms. The van der Waals surface area contributed by atoms with Crippen LogP contribution in [0.15, 0.2) is 54.2 Å². The van der Waals surface area contributed by atoms with E-state index in [0.717, 1.165) is 0 Å². The molecule has 2 aromatic carbocycles. The van der Waals surface area contributed by atoms with Crippen molar-refractivity contribution in [3.8, 4) is 0 Å². The number of hydrogen-bond donors (Lipinski definition) is 0. The first-order valence-corrected chi connectivity index (χ1v) is 10.3. The van der Waals surface area contributed by atoms with Crippen molar-refractivity contribution < 1.29 is 0 Å². The van der Waals surface area contributed by atoms with Crippen LogP contribution in [0.5, 0.6) is 0 Å². The summed E-state index contributed by atoms with van der Waals surface area (Å²) in [5.41, 5.74) is 4.97. The molecule has 0 unspecified atom stereocenters. The SMILES string of the molecule is C[Si](C)(C)/C=C/n1c2ccccc2c2ccccc21. The van der Waals surface area contributed by atoms with E-state index in [-0.39, 0.29) is 0 Å². The minimum atomic E-state index is -1.19. The van der Waals surface area contributed by atoms with Gasteiger partial charge in [0.05, 0.1) is 19.1 Å². The van der Waals surface area contributed by atoms with Crippen molar-refractivity contribution in [3.05, 3.63) is 54.2 Å². The lowest BCUT2D eigenvalue weighted by Gasteiger charge is -2.09. The highest BCUT2D eigenvalue weighted by Gasteiger charge is 2.10. The van der Waals surface area contributed by atoms with Crippen LogP contribution < -0.4 is 0 Å². The van der Waals surface area contributed by atoms with Crippen molar-refractivity contribution in [2.75, 3.05) is 0 Å². The van der Waals surface area contributed by atoms with Crippen molar-refractivity contribution in [3.63, 3.8) is 0 Å². The third-order valence-corrected chi connectivity index (χ3v) is 4.49. The average Bonchev–Trinajstić information content (AvgIpc) is 2.70. The van der Waals surface area contributed by atoms with Gasteiger partial charge in [-0.3, -0.25) is 0 Å². The molecule has 0 amide bonds. The zero-order chi connectivity index (χ0) is 13.5. The number of rotatable bonds is 2. The number of para-hydroxylation sites is 2. The first-order valence-electron chi connectivity index (χ1n) is 6.73. The topological polar surface area (TPSA) is 4.93 Å². The molecule has 0 aliphatic carbocycles. The molecule has 1 heterocycles. The van der Waals surface area contributed by atoms with Gasteiger partial charge >= 0.3 is 0 Å². The van der Waals surface area contributed by atoms with E-state index >= 15 is 0 Å². The Balaban J connectivity index is 2.34. The van der Waals surface area contributed by atoms with E-state index in [1.165, 1.54) is 21.8 Å². The predicted molar refractivity (Wildman–Crippen MR) is 88.1 cm³/mol. The van der Waals surface area contributed by atoms with Crippen LogP contribution in [0.3, 0.4) is 0 Å². The van der Waals surface area contributed by atoms with Crippen LogP contribution in [-0.2, 0) is 0 Å². The Bertz CT molecular complexity index is 706. The molecule has 0 spiro atoms. The molecule has 2 heteroatoms. The molecular formula is C17H19NSi. The van der Waals surface area contributed by atoms with Crippen molar-refractivity contribution in [1.82, 2.24) is 4.57 Å². The Morgan fingerprint density at radius 1 is 0.789 bits per heavy atom. The molecule has 0 atom stereocenters.